The Kier molecular flexibility index (Phi) is 20.0. The molecule has 3 aliphatic heterocycles. The number of hydrogen-bond acceptors (Lipinski definition) is 14. The lowest BCUT2D eigenvalue weighted by Gasteiger charge is -2.48. The van der Waals surface area contributed by atoms with Gasteiger partial charge in [0, 0.05) is 26.6 Å². The maximum atomic E-state index is 14.7. The van der Waals surface area contributed by atoms with Crippen LogP contribution in [0.5, 0.6) is 0 Å². The molecule has 2 aromatic rings. The molecule has 0 amide bonds. The van der Waals surface area contributed by atoms with E-state index in [0.29, 0.717) is 36.8 Å². The predicted octanol–water partition coefficient (Wildman–Crippen LogP) is 9.43. The molecule has 3 fully saturated rings. The molecule has 17 atom stereocenters. The highest BCUT2D eigenvalue weighted by Crippen LogP contribution is 2.41. The van der Waals surface area contributed by atoms with Gasteiger partial charge in [-0.25, -0.2) is 9.59 Å². The Morgan fingerprint density at radius 2 is 1.36 bits per heavy atom. The van der Waals surface area contributed by atoms with Crippen molar-refractivity contribution in [1.82, 2.24) is 4.90 Å². The van der Waals surface area contributed by atoms with Crippen molar-refractivity contribution in [2.24, 2.45) is 29.6 Å². The molecule has 0 aliphatic carbocycles. The van der Waals surface area contributed by atoms with Gasteiger partial charge >= 0.3 is 17.9 Å². The summed E-state index contributed by atoms with van der Waals surface area (Å²) in [6.45, 7) is 26.2. The van der Waals surface area contributed by atoms with Gasteiger partial charge in [0.25, 0.3) is 0 Å². The van der Waals surface area contributed by atoms with Crippen LogP contribution in [0.4, 0.5) is 0 Å². The van der Waals surface area contributed by atoms with Crippen LogP contribution in [0.25, 0.3) is 0 Å². The Morgan fingerprint density at radius 3 is 1.91 bits per heavy atom. The molecule has 0 bridgehead atoms. The van der Waals surface area contributed by atoms with Crippen LogP contribution in [0.2, 0.25) is 0 Å². The van der Waals surface area contributed by atoms with Gasteiger partial charge in [0.1, 0.15) is 11.7 Å². The monoisotopic (exact) mass is 966 g/mol. The van der Waals surface area contributed by atoms with E-state index in [4.69, 9.17) is 47.4 Å². The summed E-state index contributed by atoms with van der Waals surface area (Å²) < 4.78 is 65.4. The summed E-state index contributed by atoms with van der Waals surface area (Å²) in [4.78, 5) is 44.0. The van der Waals surface area contributed by atoms with E-state index >= 15 is 0 Å². The molecule has 0 aromatic heterocycles. The molecule has 3 heterocycles. The van der Waals surface area contributed by atoms with E-state index < -0.39 is 90.3 Å². The normalized spacial score (nSPS) is 36.5. The van der Waals surface area contributed by atoms with Crippen molar-refractivity contribution in [2.45, 2.75) is 187 Å². The van der Waals surface area contributed by atoms with Gasteiger partial charge in [-0.3, -0.25) is 4.79 Å². The van der Waals surface area contributed by atoms with Crippen LogP contribution in [0.1, 0.15) is 129 Å². The molecule has 2 aromatic carbocycles. The Morgan fingerprint density at radius 1 is 0.783 bits per heavy atom. The largest absolute Gasteiger partial charge is 0.458 e. The van der Waals surface area contributed by atoms with E-state index in [-0.39, 0.29) is 42.4 Å². The van der Waals surface area contributed by atoms with Gasteiger partial charge in [-0.05, 0) is 129 Å². The van der Waals surface area contributed by atoms with Crippen LogP contribution >= 0.6 is 0 Å². The van der Waals surface area contributed by atoms with Crippen molar-refractivity contribution in [3.8, 4) is 0 Å². The third-order valence-corrected chi connectivity index (χ3v) is 14.7. The molecule has 14 heteroatoms. The van der Waals surface area contributed by atoms with Gasteiger partial charge in [0.15, 0.2) is 30.6 Å². The maximum absolute atomic E-state index is 14.7. The number of rotatable bonds is 14. The summed E-state index contributed by atoms with van der Waals surface area (Å²) in [5.41, 5.74) is 0.571. The fourth-order valence-corrected chi connectivity index (χ4v) is 10.6. The third-order valence-electron chi connectivity index (χ3n) is 14.7. The standard InChI is InChI=1S/C55H83NO13/c1-17-43-32(2)28-33(3)45(69-54(10,11)60-15)34(4)29-35(5)46(67-53-48(42(56(13)14)30-36(6)62-53)66-51(58)40-24-20-18-21-25-40)37(7)47(38(8)50(57)64-43)65-44-31-55(12,61-16)49(39(9)63-44)68-52(59)41-26-22-19-23-27-41/h18-27,33-39,42-49,53H,2,17,28-31H2,1,3-16H3/t33-,34-,35?,36?,37?,38?,39?,42?,43?,44+,45?,46+,47?,48-,49+,53+,55-/m1/s1. The highest BCUT2D eigenvalue weighted by molar-refractivity contribution is 5.90. The lowest BCUT2D eigenvalue weighted by atomic mass is 9.77. The van der Waals surface area contributed by atoms with Crippen LogP contribution < -0.4 is 0 Å². The fourth-order valence-electron chi connectivity index (χ4n) is 10.6. The molecule has 69 heavy (non-hydrogen) atoms. The molecule has 14 nitrogen and oxygen atoms in total. The van der Waals surface area contributed by atoms with Crippen LogP contribution in [-0.2, 0) is 52.2 Å². The lowest BCUT2D eigenvalue weighted by Crippen LogP contribution is -2.59. The van der Waals surface area contributed by atoms with Gasteiger partial charge in [0.05, 0.1) is 53.6 Å². The van der Waals surface area contributed by atoms with Gasteiger partial charge in [-0.1, -0.05) is 77.6 Å². The number of carbonyl (C=O) groups is 3. The molecule has 0 N–H and O–H groups in total. The first-order chi connectivity index (χ1) is 32.5. The third kappa shape index (κ3) is 14.2. The molecule has 386 valence electrons. The van der Waals surface area contributed by atoms with E-state index in [2.05, 4.69) is 27.4 Å². The molecule has 0 spiro atoms. The van der Waals surface area contributed by atoms with Crippen molar-refractivity contribution in [3.63, 3.8) is 0 Å². The molecular weight excluding hydrogens is 883 g/mol. The summed E-state index contributed by atoms with van der Waals surface area (Å²) in [5, 5.41) is 0. The first-order valence-corrected chi connectivity index (χ1v) is 25.0. The summed E-state index contributed by atoms with van der Waals surface area (Å²) in [5.74, 6) is -4.02. The van der Waals surface area contributed by atoms with Crippen LogP contribution in [0, 0.1) is 29.6 Å². The molecular formula is C55H83NO13. The Labute approximate surface area is 412 Å². The number of carbonyl (C=O) groups excluding carboxylic acids is 3. The van der Waals surface area contributed by atoms with E-state index in [9.17, 15) is 14.4 Å². The maximum Gasteiger partial charge on any atom is 0.338 e. The molecule has 0 saturated carbocycles. The molecule has 0 radical (unpaired) electrons. The van der Waals surface area contributed by atoms with Crippen LogP contribution in [0.15, 0.2) is 72.8 Å². The van der Waals surface area contributed by atoms with E-state index in [1.807, 2.05) is 86.5 Å². The highest BCUT2D eigenvalue weighted by Gasteiger charge is 2.52. The Hall–Kier alpha value is -3.73. The summed E-state index contributed by atoms with van der Waals surface area (Å²) in [7, 11) is 7.13. The predicted molar refractivity (Wildman–Crippen MR) is 262 cm³/mol. The minimum Gasteiger partial charge on any atom is -0.458 e. The molecule has 3 saturated heterocycles. The zero-order valence-corrected chi connectivity index (χ0v) is 44.0. The number of esters is 3. The van der Waals surface area contributed by atoms with Crippen molar-refractivity contribution in [2.75, 3.05) is 28.3 Å². The van der Waals surface area contributed by atoms with E-state index in [0.717, 1.165) is 5.57 Å². The lowest BCUT2D eigenvalue weighted by molar-refractivity contribution is -0.308. The first-order valence-electron chi connectivity index (χ1n) is 25.0. The zero-order chi connectivity index (χ0) is 51.0. The number of likely N-dealkylation sites (N-methyl/N-ethyl adjacent to an activating group) is 1. The van der Waals surface area contributed by atoms with Crippen molar-refractivity contribution in [1.29, 1.82) is 0 Å². The smallest absolute Gasteiger partial charge is 0.338 e. The average Bonchev–Trinajstić information content (AvgIpc) is 3.32. The average molecular weight is 966 g/mol. The second-order valence-corrected chi connectivity index (χ2v) is 20.9. The second-order valence-electron chi connectivity index (χ2n) is 20.9. The van der Waals surface area contributed by atoms with E-state index in [1.54, 1.807) is 62.8 Å². The van der Waals surface area contributed by atoms with E-state index in [1.165, 1.54) is 0 Å². The topological polar surface area (TPSA) is 147 Å². The summed E-state index contributed by atoms with van der Waals surface area (Å²) in [6, 6.07) is 17.4. The summed E-state index contributed by atoms with van der Waals surface area (Å²) >= 11 is 0. The number of nitrogens with zero attached hydrogens (tertiary/aromatic N) is 1. The van der Waals surface area contributed by atoms with Gasteiger partial charge in [-0.15, -0.1) is 0 Å². The Bertz CT molecular complexity index is 1960. The first kappa shape index (κ1) is 56.2. The number of cyclic esters (lactones) is 1. The zero-order valence-electron chi connectivity index (χ0n) is 44.0. The fraction of sp³-hybridized carbons (Fsp3) is 0.691. The van der Waals surface area contributed by atoms with Crippen LogP contribution in [-0.4, -0.2) is 130 Å². The van der Waals surface area contributed by atoms with Crippen molar-refractivity contribution < 1.29 is 61.8 Å². The van der Waals surface area contributed by atoms with Crippen molar-refractivity contribution in [3.05, 3.63) is 83.9 Å². The quantitative estimate of drug-likeness (QED) is 0.0767. The number of methoxy groups -OCH3 is 2. The highest BCUT2D eigenvalue weighted by atomic mass is 16.7. The van der Waals surface area contributed by atoms with Gasteiger partial charge < -0.3 is 52.3 Å². The van der Waals surface area contributed by atoms with Crippen LogP contribution in [0.3, 0.4) is 0 Å². The number of hydrogen-bond donors (Lipinski definition) is 0. The summed E-state index contributed by atoms with van der Waals surface area (Å²) in [6.07, 6.45) is -4.41. The van der Waals surface area contributed by atoms with Crippen molar-refractivity contribution >= 4 is 17.9 Å². The SMILES string of the molecule is C=C1C[C@@H](C)C(OC(C)(C)OC)[C@H](C)CC(C)[C@H](O[C@@H]2OC(C)CC(N(C)C)[C@H]2OC(=O)c2ccccc2)C(C)C(O[C@H]2C[C@@](C)(OC)[C@@H](OC(=O)c3ccccc3)C(C)O2)C(C)C(=O)OC1CC. The van der Waals surface area contributed by atoms with Gasteiger partial charge in [-0.2, -0.15) is 0 Å². The minimum absolute atomic E-state index is 0.0309. The number of ether oxygens (including phenoxy) is 10. The minimum atomic E-state index is -1.05. The number of benzene rings is 2. The molecule has 9 unspecified atom stereocenters. The van der Waals surface area contributed by atoms with Gasteiger partial charge in [0.2, 0.25) is 0 Å². The molecule has 5 rings (SSSR count). The Balaban J connectivity index is 1.59. The molecule has 3 aliphatic rings. The second kappa shape index (κ2) is 24.6.